The Bertz CT molecular complexity index is 1350. The van der Waals surface area contributed by atoms with Crippen molar-refractivity contribution < 1.29 is 4.79 Å². The Labute approximate surface area is 174 Å². The minimum atomic E-state index is -0.251. The molecule has 0 saturated carbocycles. The summed E-state index contributed by atoms with van der Waals surface area (Å²) in [6.07, 6.45) is 14.0. The van der Waals surface area contributed by atoms with E-state index in [2.05, 4.69) is 33.0 Å². The number of nitrogen functional groups attached to an aromatic ring is 1. The summed E-state index contributed by atoms with van der Waals surface area (Å²) in [5.74, 6) is -0.000933. The first-order valence-electron chi connectivity index (χ1n) is 9.40. The third-order valence-corrected chi connectivity index (χ3v) is 4.57. The third-order valence-electron chi connectivity index (χ3n) is 4.57. The molecule has 30 heavy (non-hydrogen) atoms. The van der Waals surface area contributed by atoms with Gasteiger partial charge in [0.25, 0.3) is 0 Å². The van der Waals surface area contributed by atoms with Crippen molar-refractivity contribution in [2.24, 2.45) is 0 Å². The maximum absolute atomic E-state index is 13.1. The fourth-order valence-corrected chi connectivity index (χ4v) is 3.08. The molecule has 3 aromatic heterocycles. The summed E-state index contributed by atoms with van der Waals surface area (Å²) in [5, 5.41) is 7.58. The Morgan fingerprint density at radius 3 is 2.67 bits per heavy atom. The summed E-state index contributed by atoms with van der Waals surface area (Å²) in [4.78, 5) is 23.6. The van der Waals surface area contributed by atoms with Crippen molar-refractivity contribution >= 4 is 48.8 Å². The van der Waals surface area contributed by atoms with E-state index in [9.17, 15) is 4.79 Å². The molecule has 8 heteroatoms. The number of aromatic amines is 2. The Kier molecular flexibility index (Phi) is 6.27. The van der Waals surface area contributed by atoms with Crippen LogP contribution >= 0.6 is 0 Å². The standard InChI is InChI=1S/C22H23BN6O/c1-5-9-14-11-20(26-18(14)10-6-2)21(30)16-13-25-29(22(16)24)15(7-3)12-19-17(8-4)27-23-28-19/h5-13,26-27H,1-2,24H2,3-4H3/b14-9-,15-7+,17-8+,18-10+,19-12+. The van der Waals surface area contributed by atoms with Gasteiger partial charge in [-0.25, -0.2) is 0 Å². The van der Waals surface area contributed by atoms with Crippen molar-refractivity contribution in [2.75, 3.05) is 5.73 Å². The third kappa shape index (κ3) is 3.93. The number of nitrogens with zero attached hydrogens (tertiary/aromatic N) is 3. The van der Waals surface area contributed by atoms with Crippen LogP contribution in [0, 0.1) is 0 Å². The molecule has 0 aliphatic heterocycles. The van der Waals surface area contributed by atoms with Crippen LogP contribution in [0.5, 0.6) is 0 Å². The number of carbonyl (C=O) groups excluding carboxylic acids is 1. The van der Waals surface area contributed by atoms with E-state index in [0.29, 0.717) is 17.0 Å². The van der Waals surface area contributed by atoms with Crippen LogP contribution in [-0.2, 0) is 0 Å². The van der Waals surface area contributed by atoms with Gasteiger partial charge in [0.15, 0.2) is 0 Å². The summed E-state index contributed by atoms with van der Waals surface area (Å²) < 4.78 is 1.53. The van der Waals surface area contributed by atoms with E-state index in [-0.39, 0.29) is 11.6 Å². The molecular weight excluding hydrogens is 375 g/mol. The van der Waals surface area contributed by atoms with Crippen LogP contribution in [0.3, 0.4) is 0 Å². The van der Waals surface area contributed by atoms with Crippen molar-refractivity contribution in [1.29, 1.82) is 0 Å². The second-order valence-corrected chi connectivity index (χ2v) is 6.39. The van der Waals surface area contributed by atoms with Crippen molar-refractivity contribution in [2.45, 2.75) is 13.8 Å². The van der Waals surface area contributed by atoms with Crippen LogP contribution in [-0.4, -0.2) is 37.5 Å². The number of allylic oxidation sites excluding steroid dienone is 4. The van der Waals surface area contributed by atoms with E-state index in [0.717, 1.165) is 21.3 Å². The summed E-state index contributed by atoms with van der Waals surface area (Å²) in [6.45, 7) is 11.2. The van der Waals surface area contributed by atoms with E-state index in [1.807, 2.05) is 38.2 Å². The number of hydrogen-bond donors (Lipinski definition) is 3. The fraction of sp³-hybridized carbons (Fsp3) is 0.0909. The van der Waals surface area contributed by atoms with Gasteiger partial charge < -0.3 is 0 Å². The van der Waals surface area contributed by atoms with Crippen LogP contribution in [0.25, 0.3) is 30.0 Å². The van der Waals surface area contributed by atoms with Gasteiger partial charge in [0.1, 0.15) is 0 Å². The van der Waals surface area contributed by atoms with Gasteiger partial charge in [0.2, 0.25) is 0 Å². The first-order valence-corrected chi connectivity index (χ1v) is 9.40. The first-order chi connectivity index (χ1) is 14.5. The number of aromatic nitrogens is 5. The maximum atomic E-state index is 13.1. The van der Waals surface area contributed by atoms with Crippen LogP contribution < -0.4 is 27.0 Å². The molecule has 0 spiro atoms. The van der Waals surface area contributed by atoms with Crippen molar-refractivity contribution in [3.05, 3.63) is 76.2 Å². The topological polar surface area (TPSA) is 105 Å². The second kappa shape index (κ2) is 9.04. The zero-order valence-corrected chi connectivity index (χ0v) is 17.0. The molecule has 0 aliphatic carbocycles. The summed E-state index contributed by atoms with van der Waals surface area (Å²) in [5.41, 5.74) is 7.72. The van der Waals surface area contributed by atoms with Gasteiger partial charge in [-0.05, 0) is 0 Å². The van der Waals surface area contributed by atoms with Crippen LogP contribution in [0.2, 0.25) is 0 Å². The van der Waals surface area contributed by atoms with Gasteiger partial charge in [-0.2, -0.15) is 0 Å². The fourth-order valence-electron chi connectivity index (χ4n) is 3.08. The molecule has 0 fully saturated rings. The second-order valence-electron chi connectivity index (χ2n) is 6.39. The number of ketones is 1. The number of carbonyl (C=O) groups is 1. The van der Waals surface area contributed by atoms with E-state index >= 15 is 0 Å². The van der Waals surface area contributed by atoms with Gasteiger partial charge in [0, 0.05) is 0 Å². The molecule has 3 rings (SSSR count). The minimum absolute atomic E-state index is 0.250. The molecule has 0 bridgehead atoms. The average molecular weight is 398 g/mol. The van der Waals surface area contributed by atoms with Gasteiger partial charge in [-0.3, -0.25) is 0 Å². The Hall–Kier alpha value is -3.94. The monoisotopic (exact) mass is 398 g/mol. The Balaban J connectivity index is 2.06. The number of H-pyrrole nitrogens is 2. The van der Waals surface area contributed by atoms with Crippen LogP contribution in [0.1, 0.15) is 29.9 Å². The molecular formula is C22H23BN6O. The first kappa shape index (κ1) is 20.8. The smallest absolute Gasteiger partial charge is 0.0990 e. The predicted molar refractivity (Wildman–Crippen MR) is 123 cm³/mol. The molecule has 0 amide bonds. The molecule has 0 atom stereocenters. The van der Waals surface area contributed by atoms with E-state index in [4.69, 9.17) is 5.73 Å². The predicted octanol–water partition coefficient (Wildman–Crippen LogP) is 0.161. The zero-order valence-electron chi connectivity index (χ0n) is 17.0. The quantitative estimate of drug-likeness (QED) is 0.515. The zero-order chi connectivity index (χ0) is 21.7. The van der Waals surface area contributed by atoms with Crippen molar-refractivity contribution in [1.82, 2.24) is 24.5 Å². The SMILES string of the molecule is C=C/C=c1/cc(C(=O)c2cnn(C(=C/C)/C=c3/nb[nH]/c3=C/C)c2N)[nH]/c1=C/C=C. The summed E-state index contributed by atoms with van der Waals surface area (Å²) in [7, 11) is 1.62. The molecule has 0 radical (unpaired) electrons. The van der Waals surface area contributed by atoms with Gasteiger partial charge in [0.05, 0.1) is 0 Å². The molecule has 3 aromatic rings. The molecule has 4 N–H and O–H groups in total. The summed E-state index contributed by atoms with van der Waals surface area (Å²) in [6, 6.07) is 1.76. The molecule has 3 heterocycles. The number of rotatable bonds is 6. The normalized spacial score (nSPS) is 14.4. The van der Waals surface area contributed by atoms with E-state index < -0.39 is 0 Å². The van der Waals surface area contributed by atoms with E-state index in [1.54, 1.807) is 31.5 Å². The van der Waals surface area contributed by atoms with Gasteiger partial charge in [-0.1, -0.05) is 25.3 Å². The number of nitrogens with one attached hydrogen (secondary N) is 2. The molecule has 7 nitrogen and oxygen atoms in total. The van der Waals surface area contributed by atoms with Crippen LogP contribution in [0.15, 0.2) is 43.6 Å². The molecule has 0 saturated heterocycles. The van der Waals surface area contributed by atoms with Crippen LogP contribution in [0.4, 0.5) is 5.82 Å². The van der Waals surface area contributed by atoms with Crippen molar-refractivity contribution in [3.63, 3.8) is 0 Å². The molecule has 0 aromatic carbocycles. The number of nitrogens with two attached hydrogens (primary N) is 1. The minimum Gasteiger partial charge on any atom is -0.0990 e. The molecule has 0 unspecified atom stereocenters. The van der Waals surface area contributed by atoms with Crippen molar-refractivity contribution in [3.8, 4) is 0 Å². The molecule has 150 valence electrons. The van der Waals surface area contributed by atoms with Gasteiger partial charge in [-0.15, -0.1) is 0 Å². The number of hydrogen-bond acceptors (Lipinski definition) is 4. The molecule has 0 aliphatic rings. The number of anilines is 1. The average Bonchev–Trinajstić information content (AvgIpc) is 3.45. The summed E-state index contributed by atoms with van der Waals surface area (Å²) >= 11 is 0. The van der Waals surface area contributed by atoms with E-state index in [1.165, 1.54) is 10.9 Å². The Morgan fingerprint density at radius 2 is 2.00 bits per heavy atom. The van der Waals surface area contributed by atoms with Gasteiger partial charge >= 0.3 is 149 Å². The Morgan fingerprint density at radius 1 is 1.23 bits per heavy atom.